The third-order valence-corrected chi connectivity index (χ3v) is 5.81. The highest BCUT2D eigenvalue weighted by molar-refractivity contribution is 7.14. The zero-order valence-electron chi connectivity index (χ0n) is 17.2. The number of esters is 1. The Labute approximate surface area is 191 Å². The first-order chi connectivity index (χ1) is 15.8. The monoisotopic (exact) mass is 463 g/mol. The zero-order chi connectivity index (χ0) is 23.7. The number of imide groups is 1. The van der Waals surface area contributed by atoms with E-state index in [-0.39, 0.29) is 16.1 Å². The lowest BCUT2D eigenvalue weighted by atomic mass is 10.1. The molecule has 10 heteroatoms. The number of rotatable bonds is 6. The van der Waals surface area contributed by atoms with Gasteiger partial charge in [0.05, 0.1) is 27.9 Å². The summed E-state index contributed by atoms with van der Waals surface area (Å²) in [7, 11) is 0. The molecule has 2 aromatic carbocycles. The minimum absolute atomic E-state index is 0.129. The van der Waals surface area contributed by atoms with E-state index in [1.807, 2.05) is 0 Å². The van der Waals surface area contributed by atoms with E-state index in [2.05, 4.69) is 5.32 Å². The molecular formula is C23H17N3O6S. The normalized spacial score (nSPS) is 13.4. The lowest BCUT2D eigenvalue weighted by Crippen LogP contribution is -2.30. The quantitative estimate of drug-likeness (QED) is 0.426. The summed E-state index contributed by atoms with van der Waals surface area (Å²) in [5, 5.41) is 4.38. The van der Waals surface area contributed by atoms with Crippen molar-refractivity contribution in [2.24, 2.45) is 5.73 Å². The van der Waals surface area contributed by atoms with Crippen LogP contribution in [-0.2, 0) is 9.53 Å². The molecule has 3 N–H and O–H groups in total. The van der Waals surface area contributed by atoms with E-state index in [9.17, 15) is 24.0 Å². The Kier molecular flexibility index (Phi) is 5.76. The third-order valence-electron chi connectivity index (χ3n) is 4.98. The highest BCUT2D eigenvalue weighted by Crippen LogP contribution is 2.28. The van der Waals surface area contributed by atoms with Gasteiger partial charge in [-0.2, -0.15) is 0 Å². The Morgan fingerprint density at radius 3 is 2.15 bits per heavy atom. The second-order valence-corrected chi connectivity index (χ2v) is 8.02. The maximum Gasteiger partial charge on any atom is 0.338 e. The van der Waals surface area contributed by atoms with E-state index in [0.717, 1.165) is 16.2 Å². The van der Waals surface area contributed by atoms with E-state index >= 15 is 0 Å². The van der Waals surface area contributed by atoms with E-state index in [1.54, 1.807) is 29.6 Å². The predicted octanol–water partition coefficient (Wildman–Crippen LogP) is 2.83. The molecular weight excluding hydrogens is 446 g/mol. The van der Waals surface area contributed by atoms with Gasteiger partial charge in [0.1, 0.15) is 5.00 Å². The van der Waals surface area contributed by atoms with Crippen molar-refractivity contribution in [3.8, 4) is 0 Å². The summed E-state index contributed by atoms with van der Waals surface area (Å²) in [6.45, 7) is 1.39. The SMILES string of the molecule is CC(OC(=O)c1ccc(N2C(=O)c3ccccc3C2=O)cc1)C(=O)Nc1sccc1C(N)=O. The average Bonchev–Trinajstić information content (AvgIpc) is 3.37. The minimum atomic E-state index is -1.16. The van der Waals surface area contributed by atoms with Gasteiger partial charge in [-0.05, 0) is 54.8 Å². The van der Waals surface area contributed by atoms with Crippen LogP contribution in [0.3, 0.4) is 0 Å². The van der Waals surface area contributed by atoms with Crippen LogP contribution in [0.4, 0.5) is 10.7 Å². The number of hydrogen-bond donors (Lipinski definition) is 2. The lowest BCUT2D eigenvalue weighted by molar-refractivity contribution is -0.123. The second-order valence-electron chi connectivity index (χ2n) is 7.10. The molecule has 1 aliphatic rings. The molecule has 1 atom stereocenters. The molecule has 166 valence electrons. The molecule has 0 bridgehead atoms. The van der Waals surface area contributed by atoms with Crippen molar-refractivity contribution >= 4 is 51.6 Å². The summed E-state index contributed by atoms with van der Waals surface area (Å²) in [4.78, 5) is 62.4. The molecule has 2 heterocycles. The first-order valence-electron chi connectivity index (χ1n) is 9.75. The number of nitrogens with two attached hydrogens (primary N) is 1. The fourth-order valence-electron chi connectivity index (χ4n) is 3.27. The van der Waals surface area contributed by atoms with Gasteiger partial charge >= 0.3 is 5.97 Å². The minimum Gasteiger partial charge on any atom is -0.449 e. The molecule has 4 amide bonds. The van der Waals surface area contributed by atoms with Crippen LogP contribution in [0.25, 0.3) is 0 Å². The summed E-state index contributed by atoms with van der Waals surface area (Å²) in [6, 6.07) is 13.7. The number of nitrogens with one attached hydrogen (secondary N) is 1. The Bertz CT molecular complexity index is 1260. The number of nitrogens with zero attached hydrogens (tertiary/aromatic N) is 1. The largest absolute Gasteiger partial charge is 0.449 e. The first kappa shape index (κ1) is 21.9. The number of benzene rings is 2. The van der Waals surface area contributed by atoms with Crippen LogP contribution < -0.4 is 16.0 Å². The van der Waals surface area contributed by atoms with E-state index in [0.29, 0.717) is 16.8 Å². The molecule has 9 nitrogen and oxygen atoms in total. The molecule has 1 aliphatic heterocycles. The van der Waals surface area contributed by atoms with Gasteiger partial charge in [-0.1, -0.05) is 12.1 Å². The van der Waals surface area contributed by atoms with Gasteiger partial charge in [0, 0.05) is 0 Å². The molecule has 0 saturated heterocycles. The number of thiophene rings is 1. The van der Waals surface area contributed by atoms with Gasteiger partial charge in [0.25, 0.3) is 23.6 Å². The van der Waals surface area contributed by atoms with Gasteiger partial charge in [-0.3, -0.25) is 19.2 Å². The number of fused-ring (bicyclic) bond motifs is 1. The number of carbonyl (C=O) groups is 5. The smallest absolute Gasteiger partial charge is 0.338 e. The molecule has 1 unspecified atom stereocenters. The summed E-state index contributed by atoms with van der Waals surface area (Å²) in [5.74, 6) is -2.97. The summed E-state index contributed by atoms with van der Waals surface area (Å²) < 4.78 is 5.20. The van der Waals surface area contributed by atoms with E-state index < -0.39 is 35.7 Å². The Hall–Kier alpha value is -4.31. The summed E-state index contributed by atoms with van der Waals surface area (Å²) in [5.41, 5.74) is 6.48. The van der Waals surface area contributed by atoms with Crippen LogP contribution in [-0.4, -0.2) is 35.7 Å². The summed E-state index contributed by atoms with van der Waals surface area (Å²) >= 11 is 1.12. The Morgan fingerprint density at radius 1 is 0.970 bits per heavy atom. The molecule has 0 fully saturated rings. The molecule has 1 aromatic heterocycles. The second kappa shape index (κ2) is 8.67. The maximum atomic E-state index is 12.6. The molecule has 0 aliphatic carbocycles. The lowest BCUT2D eigenvalue weighted by Gasteiger charge is -2.15. The highest BCUT2D eigenvalue weighted by Gasteiger charge is 2.36. The van der Waals surface area contributed by atoms with Gasteiger partial charge in [-0.25, -0.2) is 9.69 Å². The molecule has 4 rings (SSSR count). The van der Waals surface area contributed by atoms with Gasteiger partial charge in [0.15, 0.2) is 6.10 Å². The van der Waals surface area contributed by atoms with Crippen LogP contribution in [0.5, 0.6) is 0 Å². The third kappa shape index (κ3) is 4.11. The van der Waals surface area contributed by atoms with Crippen LogP contribution in [0, 0.1) is 0 Å². The Morgan fingerprint density at radius 2 is 1.58 bits per heavy atom. The van der Waals surface area contributed by atoms with E-state index in [1.165, 1.54) is 37.3 Å². The fraction of sp³-hybridized carbons (Fsp3) is 0.0870. The number of carbonyl (C=O) groups excluding carboxylic acids is 5. The molecule has 0 radical (unpaired) electrons. The van der Waals surface area contributed by atoms with Gasteiger partial charge in [0.2, 0.25) is 0 Å². The molecule has 33 heavy (non-hydrogen) atoms. The standard InChI is InChI=1S/C23H17N3O6S/c1-12(19(28)25-20-17(18(24)27)10-11-33-20)32-23(31)13-6-8-14(9-7-13)26-21(29)15-4-2-3-5-16(15)22(26)30/h2-12H,1H3,(H2,24,27)(H,25,28). The maximum absolute atomic E-state index is 12.6. The Balaban J connectivity index is 1.42. The fourth-order valence-corrected chi connectivity index (χ4v) is 4.06. The van der Waals surface area contributed by atoms with Crippen molar-refractivity contribution in [1.29, 1.82) is 0 Å². The zero-order valence-corrected chi connectivity index (χ0v) is 18.0. The van der Waals surface area contributed by atoms with Gasteiger partial charge in [-0.15, -0.1) is 11.3 Å². The van der Waals surface area contributed by atoms with Crippen LogP contribution in [0.15, 0.2) is 60.0 Å². The van der Waals surface area contributed by atoms with Crippen molar-refractivity contribution < 1.29 is 28.7 Å². The number of anilines is 2. The van der Waals surface area contributed by atoms with Crippen molar-refractivity contribution in [1.82, 2.24) is 0 Å². The van der Waals surface area contributed by atoms with Gasteiger partial charge < -0.3 is 15.8 Å². The number of primary amides is 1. The topological polar surface area (TPSA) is 136 Å². The van der Waals surface area contributed by atoms with Crippen molar-refractivity contribution in [2.45, 2.75) is 13.0 Å². The summed E-state index contributed by atoms with van der Waals surface area (Å²) in [6.07, 6.45) is -1.16. The van der Waals surface area contributed by atoms with Crippen LogP contribution in [0.1, 0.15) is 48.4 Å². The molecule has 3 aromatic rings. The van der Waals surface area contributed by atoms with E-state index in [4.69, 9.17) is 10.5 Å². The molecule has 0 saturated carbocycles. The van der Waals surface area contributed by atoms with Crippen molar-refractivity contribution in [2.75, 3.05) is 10.2 Å². The molecule has 0 spiro atoms. The predicted molar refractivity (Wildman–Crippen MR) is 120 cm³/mol. The van der Waals surface area contributed by atoms with Crippen LogP contribution in [0.2, 0.25) is 0 Å². The number of hydrogen-bond acceptors (Lipinski definition) is 7. The van der Waals surface area contributed by atoms with Crippen molar-refractivity contribution in [3.63, 3.8) is 0 Å². The van der Waals surface area contributed by atoms with Crippen LogP contribution >= 0.6 is 11.3 Å². The van der Waals surface area contributed by atoms with Crippen molar-refractivity contribution in [3.05, 3.63) is 82.2 Å². The highest BCUT2D eigenvalue weighted by atomic mass is 32.1. The average molecular weight is 463 g/mol. The number of amides is 4. The number of ether oxygens (including phenoxy) is 1. The first-order valence-corrected chi connectivity index (χ1v) is 10.6.